The molecule has 1 aliphatic rings. The molecule has 20 heavy (non-hydrogen) atoms. The Labute approximate surface area is 122 Å². The van der Waals surface area contributed by atoms with Crippen LogP contribution in [0.5, 0.6) is 5.88 Å². The van der Waals surface area contributed by atoms with Gasteiger partial charge in [-0.25, -0.2) is 4.98 Å². The van der Waals surface area contributed by atoms with Crippen LogP contribution in [0.2, 0.25) is 0 Å². The van der Waals surface area contributed by atoms with Gasteiger partial charge in [-0.05, 0) is 37.4 Å². The molecule has 0 N–H and O–H groups in total. The SMILES string of the molecule is Cc1cccc(OC2CCN(Cc3csnn3)CC2)n1. The number of hydrogen-bond donors (Lipinski definition) is 0. The molecule has 3 rings (SSSR count). The van der Waals surface area contributed by atoms with Crippen LogP contribution in [0.25, 0.3) is 0 Å². The van der Waals surface area contributed by atoms with Crippen LogP contribution in [0, 0.1) is 6.92 Å². The molecule has 1 saturated heterocycles. The van der Waals surface area contributed by atoms with Gasteiger partial charge in [0.15, 0.2) is 0 Å². The highest BCUT2D eigenvalue weighted by Gasteiger charge is 2.21. The first-order chi connectivity index (χ1) is 9.79. The smallest absolute Gasteiger partial charge is 0.213 e. The molecule has 0 spiro atoms. The van der Waals surface area contributed by atoms with Crippen molar-refractivity contribution in [1.82, 2.24) is 19.5 Å². The minimum absolute atomic E-state index is 0.272. The van der Waals surface area contributed by atoms with Gasteiger partial charge in [-0.1, -0.05) is 10.6 Å². The fourth-order valence-electron chi connectivity index (χ4n) is 2.42. The first kappa shape index (κ1) is 13.5. The lowest BCUT2D eigenvalue weighted by molar-refractivity contribution is 0.0925. The molecule has 0 bridgehead atoms. The Kier molecular flexibility index (Phi) is 4.22. The number of pyridine rings is 1. The molecule has 1 fully saturated rings. The van der Waals surface area contributed by atoms with Crippen LogP contribution < -0.4 is 4.74 Å². The van der Waals surface area contributed by atoms with Crippen molar-refractivity contribution in [3.8, 4) is 5.88 Å². The Morgan fingerprint density at radius 2 is 2.20 bits per heavy atom. The monoisotopic (exact) mass is 290 g/mol. The molecule has 106 valence electrons. The third-order valence-electron chi connectivity index (χ3n) is 3.48. The van der Waals surface area contributed by atoms with Crippen LogP contribution in [0.1, 0.15) is 24.2 Å². The van der Waals surface area contributed by atoms with Crippen LogP contribution in [-0.4, -0.2) is 38.7 Å². The van der Waals surface area contributed by atoms with E-state index in [1.807, 2.05) is 30.5 Å². The van der Waals surface area contributed by atoms with Crippen molar-refractivity contribution in [3.05, 3.63) is 35.0 Å². The summed E-state index contributed by atoms with van der Waals surface area (Å²) in [5.41, 5.74) is 2.06. The number of piperidine rings is 1. The van der Waals surface area contributed by atoms with Crippen molar-refractivity contribution < 1.29 is 4.74 Å². The summed E-state index contributed by atoms with van der Waals surface area (Å²) in [4.78, 5) is 6.80. The first-order valence-electron chi connectivity index (χ1n) is 6.88. The van der Waals surface area contributed by atoms with E-state index in [0.717, 1.165) is 49.7 Å². The van der Waals surface area contributed by atoms with Crippen molar-refractivity contribution >= 4 is 11.5 Å². The molecule has 2 aromatic rings. The predicted molar refractivity (Wildman–Crippen MR) is 77.8 cm³/mol. The lowest BCUT2D eigenvalue weighted by atomic mass is 10.1. The third-order valence-corrected chi connectivity index (χ3v) is 4.03. The van der Waals surface area contributed by atoms with Gasteiger partial charge in [0.1, 0.15) is 6.10 Å². The lowest BCUT2D eigenvalue weighted by Crippen LogP contribution is -2.38. The van der Waals surface area contributed by atoms with Gasteiger partial charge in [-0.2, -0.15) is 0 Å². The number of rotatable bonds is 4. The highest BCUT2D eigenvalue weighted by molar-refractivity contribution is 7.03. The van der Waals surface area contributed by atoms with Gasteiger partial charge in [0.25, 0.3) is 0 Å². The maximum Gasteiger partial charge on any atom is 0.213 e. The van der Waals surface area contributed by atoms with Crippen molar-refractivity contribution in [2.45, 2.75) is 32.4 Å². The highest BCUT2D eigenvalue weighted by Crippen LogP contribution is 2.18. The lowest BCUT2D eigenvalue weighted by Gasteiger charge is -2.31. The van der Waals surface area contributed by atoms with Gasteiger partial charge in [0, 0.05) is 36.8 Å². The average molecular weight is 290 g/mol. The van der Waals surface area contributed by atoms with Gasteiger partial charge in [-0.15, -0.1) is 5.10 Å². The summed E-state index contributed by atoms with van der Waals surface area (Å²) in [6.07, 6.45) is 2.34. The van der Waals surface area contributed by atoms with Crippen LogP contribution in [0.15, 0.2) is 23.6 Å². The predicted octanol–water partition coefficient (Wildman–Crippen LogP) is 2.28. The van der Waals surface area contributed by atoms with E-state index in [2.05, 4.69) is 19.5 Å². The normalized spacial score (nSPS) is 17.2. The van der Waals surface area contributed by atoms with E-state index in [9.17, 15) is 0 Å². The minimum atomic E-state index is 0.272. The Bertz CT molecular complexity index is 538. The number of likely N-dealkylation sites (tertiary alicyclic amines) is 1. The molecule has 0 amide bonds. The molecule has 2 aromatic heterocycles. The van der Waals surface area contributed by atoms with Crippen molar-refractivity contribution in [2.75, 3.05) is 13.1 Å². The Balaban J connectivity index is 1.48. The second-order valence-electron chi connectivity index (χ2n) is 5.11. The molecule has 0 unspecified atom stereocenters. The summed E-state index contributed by atoms with van der Waals surface area (Å²) in [5.74, 6) is 0.743. The van der Waals surface area contributed by atoms with Gasteiger partial charge in [0.2, 0.25) is 5.88 Å². The van der Waals surface area contributed by atoms with E-state index in [1.54, 1.807) is 0 Å². The number of aromatic nitrogens is 3. The maximum atomic E-state index is 5.96. The molecular weight excluding hydrogens is 272 g/mol. The minimum Gasteiger partial charge on any atom is -0.474 e. The summed E-state index contributed by atoms with van der Waals surface area (Å²) in [6.45, 7) is 4.95. The zero-order chi connectivity index (χ0) is 13.8. The van der Waals surface area contributed by atoms with E-state index in [-0.39, 0.29) is 6.10 Å². The summed E-state index contributed by atoms with van der Waals surface area (Å²) < 4.78 is 9.85. The first-order valence-corrected chi connectivity index (χ1v) is 7.72. The summed E-state index contributed by atoms with van der Waals surface area (Å²) >= 11 is 1.41. The van der Waals surface area contributed by atoms with Crippen LogP contribution in [0.3, 0.4) is 0 Å². The van der Waals surface area contributed by atoms with Crippen LogP contribution in [-0.2, 0) is 6.54 Å². The molecule has 0 saturated carbocycles. The van der Waals surface area contributed by atoms with Gasteiger partial charge in [-0.3, -0.25) is 4.90 Å². The zero-order valence-corrected chi connectivity index (χ0v) is 12.3. The molecule has 0 radical (unpaired) electrons. The topological polar surface area (TPSA) is 51.1 Å². The summed E-state index contributed by atoms with van der Waals surface area (Å²) in [5, 5.41) is 6.11. The van der Waals surface area contributed by atoms with E-state index in [1.165, 1.54) is 11.5 Å². The van der Waals surface area contributed by atoms with Crippen LogP contribution >= 0.6 is 11.5 Å². The Morgan fingerprint density at radius 3 is 2.90 bits per heavy atom. The van der Waals surface area contributed by atoms with Crippen LogP contribution in [0.4, 0.5) is 0 Å². The van der Waals surface area contributed by atoms with Crippen molar-refractivity contribution in [2.24, 2.45) is 0 Å². The molecule has 0 atom stereocenters. The van der Waals surface area contributed by atoms with E-state index < -0.39 is 0 Å². The second-order valence-corrected chi connectivity index (χ2v) is 5.72. The molecule has 5 nitrogen and oxygen atoms in total. The van der Waals surface area contributed by atoms with E-state index >= 15 is 0 Å². The van der Waals surface area contributed by atoms with Gasteiger partial charge in [0.05, 0.1) is 5.69 Å². The average Bonchev–Trinajstić information content (AvgIpc) is 2.94. The standard InChI is InChI=1S/C14H18N4OS/c1-11-3-2-4-14(15-11)19-13-5-7-18(8-6-13)9-12-10-20-17-16-12/h2-4,10,13H,5-9H2,1H3. The van der Waals surface area contributed by atoms with Gasteiger partial charge < -0.3 is 4.74 Å². The van der Waals surface area contributed by atoms with E-state index in [4.69, 9.17) is 4.74 Å². The largest absolute Gasteiger partial charge is 0.474 e. The summed E-state index contributed by atoms with van der Waals surface area (Å²) in [6, 6.07) is 5.90. The van der Waals surface area contributed by atoms with Gasteiger partial charge >= 0.3 is 0 Å². The molecule has 6 heteroatoms. The Hall–Kier alpha value is -1.53. The summed E-state index contributed by atoms with van der Waals surface area (Å²) in [7, 11) is 0. The fraction of sp³-hybridized carbons (Fsp3) is 0.500. The highest BCUT2D eigenvalue weighted by atomic mass is 32.1. The molecule has 0 aliphatic carbocycles. The third kappa shape index (κ3) is 3.52. The molecule has 0 aromatic carbocycles. The van der Waals surface area contributed by atoms with Crippen molar-refractivity contribution in [1.29, 1.82) is 0 Å². The fourth-order valence-corrected chi connectivity index (χ4v) is 2.86. The Morgan fingerprint density at radius 1 is 1.35 bits per heavy atom. The second kappa shape index (κ2) is 6.28. The number of ether oxygens (including phenoxy) is 1. The molecule has 1 aliphatic heterocycles. The van der Waals surface area contributed by atoms with Crippen molar-refractivity contribution in [3.63, 3.8) is 0 Å². The zero-order valence-electron chi connectivity index (χ0n) is 11.5. The number of nitrogens with zero attached hydrogens (tertiary/aromatic N) is 4. The molecular formula is C14H18N4OS. The number of hydrogen-bond acceptors (Lipinski definition) is 6. The molecule has 3 heterocycles. The number of aryl methyl sites for hydroxylation is 1. The van der Waals surface area contributed by atoms with E-state index in [0.29, 0.717) is 0 Å². The quantitative estimate of drug-likeness (QED) is 0.864. The maximum absolute atomic E-state index is 5.96.